The molecule has 5 heteroatoms. The van der Waals surface area contributed by atoms with Crippen LogP contribution in [0.4, 0.5) is 0 Å². The van der Waals surface area contributed by atoms with E-state index in [0.717, 1.165) is 96.3 Å². The van der Waals surface area contributed by atoms with Crippen LogP contribution in [0, 0.1) is 92.7 Å². The van der Waals surface area contributed by atoms with Crippen molar-refractivity contribution < 1.29 is 24.4 Å². The molecular weight excluding hydrogens is 1560 g/mol. The molecule has 6 fully saturated rings. The Labute approximate surface area is 794 Å². The van der Waals surface area contributed by atoms with Gasteiger partial charge in [0.05, 0.1) is 18.2 Å². The van der Waals surface area contributed by atoms with Crippen molar-refractivity contribution in [1.82, 2.24) is 0 Å². The fourth-order valence-corrected chi connectivity index (χ4v) is 29.0. The summed E-state index contributed by atoms with van der Waals surface area (Å²) in [5, 5.41) is 2.77. The molecule has 730 valence electrons. The Kier molecular flexibility index (Phi) is 50.5. The zero-order chi connectivity index (χ0) is 91.3. The topological polar surface area (TPSA) is 77.1 Å². The first-order valence-corrected chi connectivity index (χ1v) is 58.0. The number of unbranched alkanes of at least 4 members (excludes halogenated alkanes) is 48. The minimum Gasteiger partial charge on any atom is -0.458 e. The molecule has 2 aromatic carbocycles. The summed E-state index contributed by atoms with van der Waals surface area (Å²) in [4.78, 5) is 39.6. The number of nitrogens with two attached hydrogens (primary N) is 1. The number of allylic oxidation sites excluding steroid dienone is 2. The van der Waals surface area contributed by atoms with E-state index in [2.05, 4.69) is 107 Å². The minimum absolute atomic E-state index is 0.158. The molecule has 2 N–H and O–H groups in total. The first kappa shape index (κ1) is 108. The molecule has 0 heterocycles. The third-order valence-electron chi connectivity index (χ3n) is 37.1. The van der Waals surface area contributed by atoms with Crippen LogP contribution in [0.3, 0.4) is 0 Å². The first-order valence-electron chi connectivity index (χ1n) is 58.0. The van der Waals surface area contributed by atoms with Crippen LogP contribution in [0.5, 0.6) is 0 Å². The number of benzene rings is 2. The summed E-state index contributed by atoms with van der Waals surface area (Å²) in [5.74, 6) is 9.76. The Morgan fingerprint density at radius 2 is 0.680 bits per heavy atom. The van der Waals surface area contributed by atoms with Crippen LogP contribution < -0.4 is 5.32 Å². The quantitative estimate of drug-likeness (QED) is 0.0347. The Hall–Kier alpha value is -3.31. The SMILES string of the molecule is CC(C)CCCC(C)C1CCC2C3CC=C4CC(OC(=O)c5ccc6c(c5)C(=O)c5ccccc5C6=O)CCC4(C)C3CCC12C.CCCCCCCCCCCCCCCCCCCCCCCCCCCCCCCCCCCC.CCCCCCCCCCCCCCCCCC[NH2+]C1CCC2(C)C(=CCC3C2CCC2(C)C(C(C)CCCC(C)C)CCC32)C1. The highest BCUT2D eigenvalue weighted by Gasteiger charge is 2.61. The van der Waals surface area contributed by atoms with E-state index in [1.165, 1.54) is 455 Å². The maximum atomic E-state index is 13.4. The average molecular weight is 1770 g/mol. The Morgan fingerprint density at radius 3 is 1.04 bits per heavy atom. The van der Waals surface area contributed by atoms with Gasteiger partial charge in [-0.3, -0.25) is 9.59 Å². The van der Waals surface area contributed by atoms with Gasteiger partial charge in [0.2, 0.25) is 0 Å². The summed E-state index contributed by atoms with van der Waals surface area (Å²) < 4.78 is 6.13. The standard InChI is InChI=1S/C45H83N.C42H52O4.C36H74/c1-7-8-9-10-11-12-13-14-15-16-17-18-19-20-21-22-34-46-39-30-32-44(5)38(35-39)26-27-40-42-29-28-41(37(4)25-23-24-36(2)3)45(42,6)33-31-43(40)44;1-25(2)9-8-10-26(3)35-17-18-36-33-16-14-28-24-29(19-21-41(28,4)37(33)20-22-42(35,36)5)46-40(45)27-13-15-32-34(23-27)39(44)31-12-7-6-11-30(31)38(32)43;1-3-5-7-9-11-13-15-17-19-21-23-25-27-29-31-33-35-36-34-32-30-28-26-24-22-20-18-16-14-12-10-8-6-4-2/h26,36-37,39-43,46H,7-25,27-35H2,1-6H3;6-7,11-15,23,25-26,29,33,35-37H,8-10,16-22,24H2,1-5H3;3-36H2,1-2H3/p+1. The van der Waals surface area contributed by atoms with Crippen LogP contribution in [0.15, 0.2) is 65.8 Å². The van der Waals surface area contributed by atoms with Gasteiger partial charge in [-0.15, -0.1) is 0 Å². The van der Waals surface area contributed by atoms with Gasteiger partial charge >= 0.3 is 5.97 Å². The van der Waals surface area contributed by atoms with Crippen molar-refractivity contribution in [3.8, 4) is 0 Å². The number of hydrogen-bond donors (Lipinski definition) is 1. The van der Waals surface area contributed by atoms with Crippen molar-refractivity contribution in [2.45, 2.75) is 564 Å². The van der Waals surface area contributed by atoms with Crippen LogP contribution >= 0.6 is 0 Å². The van der Waals surface area contributed by atoms with Crippen LogP contribution in [-0.4, -0.2) is 36.2 Å². The molecule has 0 saturated heterocycles. The van der Waals surface area contributed by atoms with E-state index in [9.17, 15) is 14.4 Å². The fourth-order valence-electron chi connectivity index (χ4n) is 29.0. The molecule has 11 rings (SSSR count). The molecule has 16 atom stereocenters. The van der Waals surface area contributed by atoms with Crippen LogP contribution in [0.1, 0.15) is 595 Å². The monoisotopic (exact) mass is 1770 g/mol. The number of quaternary nitrogens is 1. The molecular formula is C123H210NO4+. The van der Waals surface area contributed by atoms with E-state index in [-0.39, 0.29) is 23.1 Å². The lowest BCUT2D eigenvalue weighted by Gasteiger charge is -2.58. The lowest BCUT2D eigenvalue weighted by atomic mass is 9.47. The first-order chi connectivity index (χ1) is 62.2. The molecule has 16 unspecified atom stereocenters. The second-order valence-electron chi connectivity index (χ2n) is 47.5. The lowest BCUT2D eigenvalue weighted by molar-refractivity contribution is -0.691. The molecule has 9 aliphatic carbocycles. The molecule has 2 aromatic rings. The number of carbonyl (C=O) groups excluding carboxylic acids is 3. The number of ether oxygens (including phenoxy) is 1. The third-order valence-corrected chi connectivity index (χ3v) is 37.1. The van der Waals surface area contributed by atoms with Gasteiger partial charge in [-0.25, -0.2) is 4.79 Å². The van der Waals surface area contributed by atoms with E-state index in [4.69, 9.17) is 4.74 Å². The van der Waals surface area contributed by atoms with Crippen molar-refractivity contribution in [1.29, 1.82) is 0 Å². The molecule has 0 spiro atoms. The molecule has 0 amide bonds. The van der Waals surface area contributed by atoms with Gasteiger partial charge in [-0.05, 0) is 207 Å². The normalized spacial score (nSPS) is 27.2. The second-order valence-corrected chi connectivity index (χ2v) is 47.5. The summed E-state index contributed by atoms with van der Waals surface area (Å²) in [6.45, 7) is 33.6. The fraction of sp³-hybridized carbons (Fsp3) is 0.846. The Morgan fingerprint density at radius 1 is 0.352 bits per heavy atom. The zero-order valence-electron chi connectivity index (χ0n) is 87.1. The van der Waals surface area contributed by atoms with Crippen LogP contribution in [-0.2, 0) is 4.74 Å². The number of rotatable bonds is 63. The summed E-state index contributed by atoms with van der Waals surface area (Å²) in [5.41, 5.74) is 7.02. The lowest BCUT2D eigenvalue weighted by Crippen LogP contribution is -2.90. The highest BCUT2D eigenvalue weighted by atomic mass is 16.5. The number of fused-ring (bicyclic) bond motifs is 12. The summed E-state index contributed by atoms with van der Waals surface area (Å²) in [6, 6.07) is 12.6. The van der Waals surface area contributed by atoms with Crippen LogP contribution in [0.2, 0.25) is 0 Å². The van der Waals surface area contributed by atoms with E-state index < -0.39 is 5.97 Å². The largest absolute Gasteiger partial charge is 0.458 e. The maximum absolute atomic E-state index is 13.4. The van der Waals surface area contributed by atoms with Crippen molar-refractivity contribution in [2.75, 3.05) is 6.54 Å². The molecule has 0 bridgehead atoms. The molecule has 9 aliphatic rings. The van der Waals surface area contributed by atoms with Crippen molar-refractivity contribution in [2.24, 2.45) is 92.7 Å². The summed E-state index contributed by atoms with van der Waals surface area (Å²) in [6.07, 6.45) is 109. The van der Waals surface area contributed by atoms with Gasteiger partial charge in [0.1, 0.15) is 6.10 Å². The van der Waals surface area contributed by atoms with Crippen LogP contribution in [0.25, 0.3) is 0 Å². The van der Waals surface area contributed by atoms with E-state index in [1.807, 2.05) is 5.57 Å². The third kappa shape index (κ3) is 33.6. The smallest absolute Gasteiger partial charge is 0.338 e. The maximum Gasteiger partial charge on any atom is 0.338 e. The van der Waals surface area contributed by atoms with Gasteiger partial charge in [-0.2, -0.15) is 0 Å². The van der Waals surface area contributed by atoms with Gasteiger partial charge in [0, 0.05) is 41.5 Å². The van der Waals surface area contributed by atoms with Gasteiger partial charge < -0.3 is 10.1 Å². The number of carbonyl (C=O) groups is 3. The molecule has 0 aromatic heterocycles. The number of ketones is 2. The highest BCUT2D eigenvalue weighted by molar-refractivity contribution is 6.28. The van der Waals surface area contributed by atoms with E-state index in [0.29, 0.717) is 44.1 Å². The van der Waals surface area contributed by atoms with E-state index >= 15 is 0 Å². The molecule has 128 heavy (non-hydrogen) atoms. The predicted molar refractivity (Wildman–Crippen MR) is 553 cm³/mol. The molecule has 0 aliphatic heterocycles. The summed E-state index contributed by atoms with van der Waals surface area (Å²) in [7, 11) is 0. The second kappa shape index (κ2) is 59.6. The van der Waals surface area contributed by atoms with Crippen molar-refractivity contribution in [3.05, 3.63) is 93.6 Å². The Balaban J connectivity index is 0.000000219. The summed E-state index contributed by atoms with van der Waals surface area (Å²) >= 11 is 0. The highest BCUT2D eigenvalue weighted by Crippen LogP contribution is 2.69. The predicted octanol–water partition coefficient (Wildman–Crippen LogP) is 37.5. The number of hydrogen-bond acceptors (Lipinski definition) is 4. The molecule has 6 saturated carbocycles. The zero-order valence-corrected chi connectivity index (χ0v) is 87.1. The van der Waals surface area contributed by atoms with Gasteiger partial charge in [0.25, 0.3) is 0 Å². The molecule has 5 nitrogen and oxygen atoms in total. The van der Waals surface area contributed by atoms with E-state index in [1.54, 1.807) is 42.5 Å². The Bertz CT molecular complexity index is 3390. The van der Waals surface area contributed by atoms with Gasteiger partial charge in [0.15, 0.2) is 11.6 Å². The minimum atomic E-state index is -0.405. The average Bonchev–Trinajstić information content (AvgIpc) is 1.47. The molecule has 0 radical (unpaired) electrons. The van der Waals surface area contributed by atoms with Crippen molar-refractivity contribution >= 4 is 17.5 Å². The van der Waals surface area contributed by atoms with Gasteiger partial charge in [-0.1, -0.05) is 484 Å². The number of esters is 1. The van der Waals surface area contributed by atoms with Crippen molar-refractivity contribution in [3.63, 3.8) is 0 Å².